The minimum atomic E-state index is -3.77. The molecule has 23 heavy (non-hydrogen) atoms. The molecule has 0 aromatic heterocycles. The predicted octanol–water partition coefficient (Wildman–Crippen LogP) is 0.382. The fourth-order valence-electron chi connectivity index (χ4n) is 2.50. The molecule has 122 valence electrons. The third-order valence-corrected chi connectivity index (χ3v) is 4.96. The molecule has 0 saturated heterocycles. The van der Waals surface area contributed by atoms with Crippen molar-refractivity contribution in [3.8, 4) is 0 Å². The molecule has 4 N–H and O–H groups in total. The first kappa shape index (κ1) is 17.4. The maximum absolute atomic E-state index is 12.3. The van der Waals surface area contributed by atoms with Crippen molar-refractivity contribution >= 4 is 45.0 Å². The summed E-state index contributed by atoms with van der Waals surface area (Å²) in [5.74, 6) is -1.07. The molecular weight excluding hydrogens is 342 g/mol. The van der Waals surface area contributed by atoms with Gasteiger partial charge in [-0.15, -0.1) is 12.4 Å². The molecule has 3 rings (SSSR count). The number of nitrogens with two attached hydrogens (primary N) is 1. The van der Waals surface area contributed by atoms with Gasteiger partial charge in [0, 0.05) is 35.0 Å². The number of benzene rings is 2. The van der Waals surface area contributed by atoms with Crippen LogP contribution < -0.4 is 15.8 Å². The number of amides is 2. The molecule has 1 aliphatic rings. The molecule has 0 unspecified atom stereocenters. The zero-order valence-electron chi connectivity index (χ0n) is 11.8. The van der Waals surface area contributed by atoms with E-state index in [1.54, 1.807) is 18.2 Å². The van der Waals surface area contributed by atoms with Crippen molar-refractivity contribution in [3.05, 3.63) is 41.5 Å². The Morgan fingerprint density at radius 3 is 2.35 bits per heavy atom. The first-order valence-electron chi connectivity index (χ1n) is 6.57. The number of carbonyl (C=O) groups excluding carboxylic acids is 2. The number of hydrogen-bond donors (Lipinski definition) is 3. The molecule has 7 nitrogen and oxygen atoms in total. The van der Waals surface area contributed by atoms with Gasteiger partial charge in [0.05, 0.1) is 4.90 Å². The van der Waals surface area contributed by atoms with E-state index in [0.717, 1.165) is 0 Å². The Kier molecular flexibility index (Phi) is 4.71. The van der Waals surface area contributed by atoms with E-state index in [9.17, 15) is 18.0 Å². The second kappa shape index (κ2) is 6.25. The van der Waals surface area contributed by atoms with Crippen molar-refractivity contribution in [3.63, 3.8) is 0 Å². The Hall–Kier alpha value is -2.00. The van der Waals surface area contributed by atoms with Crippen molar-refractivity contribution in [2.24, 2.45) is 5.73 Å². The highest BCUT2D eigenvalue weighted by molar-refractivity contribution is 7.89. The second-order valence-corrected chi connectivity index (χ2v) is 6.54. The fraction of sp³-hybridized carbons (Fsp3) is 0.143. The maximum Gasteiger partial charge on any atom is 0.258 e. The molecule has 0 bridgehead atoms. The van der Waals surface area contributed by atoms with Crippen LogP contribution in [0.15, 0.2) is 35.2 Å². The molecular formula is C14H14ClN3O4S. The van der Waals surface area contributed by atoms with Crippen LogP contribution in [-0.2, 0) is 10.0 Å². The van der Waals surface area contributed by atoms with E-state index in [-0.39, 0.29) is 41.5 Å². The molecule has 2 aromatic rings. The highest BCUT2D eigenvalue weighted by Crippen LogP contribution is 2.31. The lowest BCUT2D eigenvalue weighted by Gasteiger charge is -2.18. The summed E-state index contributed by atoms with van der Waals surface area (Å²) in [7, 11) is -3.77. The standard InChI is InChI=1S/C14H13N3O4S.ClH/c15-6-7-16-22(20,21)11-5-4-10-12-8(11)2-1-3-9(12)13(18)17-14(10)19;/h1-5,16H,6-7,15H2,(H,17,18,19);1H. The SMILES string of the molecule is Cl.NCCNS(=O)(=O)c1ccc2c3c(cccc13)C(=O)NC2=O. The number of halogens is 1. The average Bonchev–Trinajstić information content (AvgIpc) is 2.50. The Morgan fingerprint density at radius 1 is 1.04 bits per heavy atom. The number of nitrogens with one attached hydrogen (secondary N) is 2. The van der Waals surface area contributed by atoms with Gasteiger partial charge in [-0.2, -0.15) is 0 Å². The van der Waals surface area contributed by atoms with Crippen LogP contribution in [0.1, 0.15) is 20.7 Å². The molecule has 0 fully saturated rings. The molecule has 9 heteroatoms. The molecule has 1 heterocycles. The molecule has 0 saturated carbocycles. The van der Waals surface area contributed by atoms with E-state index in [4.69, 9.17) is 5.73 Å². The third kappa shape index (κ3) is 2.81. The van der Waals surface area contributed by atoms with Crippen LogP contribution in [-0.4, -0.2) is 33.3 Å². The van der Waals surface area contributed by atoms with Gasteiger partial charge in [-0.3, -0.25) is 14.9 Å². The van der Waals surface area contributed by atoms with Crippen LogP contribution >= 0.6 is 12.4 Å². The lowest BCUT2D eigenvalue weighted by Crippen LogP contribution is -2.35. The minimum absolute atomic E-state index is 0. The summed E-state index contributed by atoms with van der Waals surface area (Å²) >= 11 is 0. The molecule has 2 aromatic carbocycles. The van der Waals surface area contributed by atoms with Gasteiger partial charge in [-0.25, -0.2) is 13.1 Å². The fourth-order valence-corrected chi connectivity index (χ4v) is 3.75. The first-order valence-corrected chi connectivity index (χ1v) is 8.05. The topological polar surface area (TPSA) is 118 Å². The summed E-state index contributed by atoms with van der Waals surface area (Å²) in [6.07, 6.45) is 0. The largest absolute Gasteiger partial charge is 0.329 e. The van der Waals surface area contributed by atoms with Gasteiger partial charge < -0.3 is 5.73 Å². The zero-order chi connectivity index (χ0) is 15.9. The number of carbonyl (C=O) groups is 2. The molecule has 0 radical (unpaired) electrons. The van der Waals surface area contributed by atoms with Crippen LogP contribution in [0.25, 0.3) is 10.8 Å². The third-order valence-electron chi connectivity index (χ3n) is 3.44. The van der Waals surface area contributed by atoms with Gasteiger partial charge in [0.25, 0.3) is 11.8 Å². The lowest BCUT2D eigenvalue weighted by atomic mass is 9.95. The predicted molar refractivity (Wildman–Crippen MR) is 87.2 cm³/mol. The number of sulfonamides is 1. The summed E-state index contributed by atoms with van der Waals surface area (Å²) in [5.41, 5.74) is 5.88. The van der Waals surface area contributed by atoms with Crippen molar-refractivity contribution in [2.45, 2.75) is 4.90 Å². The van der Waals surface area contributed by atoms with Crippen LogP contribution in [0.5, 0.6) is 0 Å². The summed E-state index contributed by atoms with van der Waals surface area (Å²) in [6, 6.07) is 7.47. The van der Waals surface area contributed by atoms with Crippen molar-refractivity contribution < 1.29 is 18.0 Å². The van der Waals surface area contributed by atoms with E-state index in [2.05, 4.69) is 10.0 Å². The summed E-state index contributed by atoms with van der Waals surface area (Å²) in [6.45, 7) is 0.270. The van der Waals surface area contributed by atoms with Gasteiger partial charge in [0.1, 0.15) is 0 Å². The number of hydrogen-bond acceptors (Lipinski definition) is 5. The molecule has 1 aliphatic heterocycles. The first-order chi connectivity index (χ1) is 10.5. The summed E-state index contributed by atoms with van der Waals surface area (Å²) in [5, 5.41) is 2.92. The zero-order valence-corrected chi connectivity index (χ0v) is 13.5. The number of imide groups is 1. The summed E-state index contributed by atoms with van der Waals surface area (Å²) < 4.78 is 27.1. The van der Waals surface area contributed by atoms with Gasteiger partial charge in [-0.05, 0) is 18.2 Å². The normalized spacial score (nSPS) is 13.6. The van der Waals surface area contributed by atoms with Crippen LogP contribution in [0.2, 0.25) is 0 Å². The molecule has 2 amide bonds. The maximum atomic E-state index is 12.3. The van der Waals surface area contributed by atoms with E-state index in [1.807, 2.05) is 0 Å². The monoisotopic (exact) mass is 355 g/mol. The van der Waals surface area contributed by atoms with E-state index in [1.165, 1.54) is 12.1 Å². The number of rotatable bonds is 4. The Bertz CT molecular complexity index is 891. The van der Waals surface area contributed by atoms with Crippen LogP contribution in [0, 0.1) is 0 Å². The van der Waals surface area contributed by atoms with E-state index in [0.29, 0.717) is 10.8 Å². The highest BCUT2D eigenvalue weighted by atomic mass is 35.5. The van der Waals surface area contributed by atoms with Crippen molar-refractivity contribution in [2.75, 3.05) is 13.1 Å². The Morgan fingerprint density at radius 2 is 1.70 bits per heavy atom. The Labute approximate surface area is 138 Å². The van der Waals surface area contributed by atoms with Crippen molar-refractivity contribution in [1.29, 1.82) is 0 Å². The molecule has 0 aliphatic carbocycles. The quantitative estimate of drug-likeness (QED) is 0.685. The van der Waals surface area contributed by atoms with Gasteiger partial charge in [0.2, 0.25) is 10.0 Å². The van der Waals surface area contributed by atoms with Gasteiger partial charge in [-0.1, -0.05) is 12.1 Å². The Balaban J connectivity index is 0.00000192. The van der Waals surface area contributed by atoms with Gasteiger partial charge >= 0.3 is 0 Å². The van der Waals surface area contributed by atoms with Gasteiger partial charge in [0.15, 0.2) is 0 Å². The smallest absolute Gasteiger partial charge is 0.258 e. The van der Waals surface area contributed by atoms with E-state index >= 15 is 0 Å². The minimum Gasteiger partial charge on any atom is -0.329 e. The molecule has 0 spiro atoms. The van der Waals surface area contributed by atoms with Crippen LogP contribution in [0.4, 0.5) is 0 Å². The lowest BCUT2D eigenvalue weighted by molar-refractivity contribution is 0.0845. The highest BCUT2D eigenvalue weighted by Gasteiger charge is 2.28. The average molecular weight is 356 g/mol. The van der Waals surface area contributed by atoms with Crippen molar-refractivity contribution in [1.82, 2.24) is 10.0 Å². The molecule has 0 atom stereocenters. The van der Waals surface area contributed by atoms with E-state index < -0.39 is 21.8 Å². The second-order valence-electron chi connectivity index (χ2n) is 4.81. The summed E-state index contributed by atoms with van der Waals surface area (Å²) in [4.78, 5) is 23.8. The van der Waals surface area contributed by atoms with Crippen LogP contribution in [0.3, 0.4) is 0 Å².